The molecule has 4 rings (SSSR count). The minimum atomic E-state index is -2.91. The molecule has 0 saturated carbocycles. The van der Waals surface area contributed by atoms with Gasteiger partial charge in [0, 0.05) is 38.3 Å². The summed E-state index contributed by atoms with van der Waals surface area (Å²) in [6.07, 6.45) is 0.672. The van der Waals surface area contributed by atoms with Crippen LogP contribution in [0.5, 0.6) is 0 Å². The van der Waals surface area contributed by atoms with Crippen LogP contribution in [-0.4, -0.2) is 77.6 Å². The first-order chi connectivity index (χ1) is 13.4. The van der Waals surface area contributed by atoms with Crippen LogP contribution in [0.1, 0.15) is 6.42 Å². The molecule has 2 aromatic heterocycles. The van der Waals surface area contributed by atoms with Crippen molar-refractivity contribution in [3.8, 4) is 10.6 Å². The number of nitrogens with zero attached hydrogens (tertiary/aromatic N) is 4. The summed E-state index contributed by atoms with van der Waals surface area (Å²) in [7, 11) is -2.91. The number of thiophene rings is 1. The first kappa shape index (κ1) is 19.3. The number of hydrogen-bond donors (Lipinski definition) is 0. The number of rotatable bonds is 4. The molecule has 150 valence electrons. The van der Waals surface area contributed by atoms with Gasteiger partial charge in [0.05, 0.1) is 16.4 Å². The van der Waals surface area contributed by atoms with Crippen molar-refractivity contribution in [1.82, 2.24) is 19.6 Å². The van der Waals surface area contributed by atoms with E-state index in [0.29, 0.717) is 38.3 Å². The van der Waals surface area contributed by atoms with Gasteiger partial charge in [0.2, 0.25) is 5.91 Å². The van der Waals surface area contributed by atoms with Crippen molar-refractivity contribution in [3.63, 3.8) is 0 Å². The van der Waals surface area contributed by atoms with Crippen molar-refractivity contribution in [2.24, 2.45) is 0 Å². The third-order valence-electron chi connectivity index (χ3n) is 5.32. The molecule has 0 radical (unpaired) electrons. The van der Waals surface area contributed by atoms with Crippen molar-refractivity contribution in [2.45, 2.75) is 19.0 Å². The number of hydrogen-bond acceptors (Lipinski definition) is 7. The Morgan fingerprint density at radius 3 is 2.61 bits per heavy atom. The second-order valence-corrected chi connectivity index (χ2v) is 10.3. The Morgan fingerprint density at radius 2 is 1.96 bits per heavy atom. The number of aromatic nitrogens is 2. The Labute approximate surface area is 167 Å². The number of sulfone groups is 1. The van der Waals surface area contributed by atoms with E-state index in [1.807, 2.05) is 17.5 Å². The van der Waals surface area contributed by atoms with Crippen LogP contribution in [0, 0.1) is 0 Å². The summed E-state index contributed by atoms with van der Waals surface area (Å²) in [6, 6.07) is 7.01. The highest BCUT2D eigenvalue weighted by molar-refractivity contribution is 7.91. The highest BCUT2D eigenvalue weighted by Crippen LogP contribution is 2.21. The predicted octanol–water partition coefficient (Wildman–Crippen LogP) is 0.303. The fraction of sp³-hybridized carbons (Fsp3) is 0.500. The molecule has 0 bridgehead atoms. The van der Waals surface area contributed by atoms with E-state index in [4.69, 9.17) is 0 Å². The van der Waals surface area contributed by atoms with Crippen molar-refractivity contribution >= 4 is 27.1 Å². The van der Waals surface area contributed by atoms with Gasteiger partial charge in [0.25, 0.3) is 5.56 Å². The van der Waals surface area contributed by atoms with Crippen molar-refractivity contribution in [3.05, 3.63) is 40.0 Å². The second kappa shape index (κ2) is 7.76. The third-order valence-corrected chi connectivity index (χ3v) is 7.96. The van der Waals surface area contributed by atoms with Crippen molar-refractivity contribution < 1.29 is 13.2 Å². The molecular formula is C18H22N4O4S2. The van der Waals surface area contributed by atoms with Crippen LogP contribution >= 0.6 is 11.3 Å². The number of amides is 1. The highest BCUT2D eigenvalue weighted by atomic mass is 32.2. The molecule has 4 heterocycles. The van der Waals surface area contributed by atoms with Gasteiger partial charge in [-0.25, -0.2) is 13.1 Å². The lowest BCUT2D eigenvalue weighted by Crippen LogP contribution is -2.53. The fourth-order valence-corrected chi connectivity index (χ4v) is 6.20. The van der Waals surface area contributed by atoms with Crippen LogP contribution in [0.4, 0.5) is 0 Å². The number of carbonyl (C=O) groups is 1. The molecule has 2 fully saturated rings. The van der Waals surface area contributed by atoms with E-state index < -0.39 is 9.84 Å². The van der Waals surface area contributed by atoms with Crippen molar-refractivity contribution in [2.75, 3.05) is 37.7 Å². The summed E-state index contributed by atoms with van der Waals surface area (Å²) >= 11 is 1.53. The molecule has 8 nitrogen and oxygen atoms in total. The van der Waals surface area contributed by atoms with Gasteiger partial charge in [-0.1, -0.05) is 6.07 Å². The molecule has 2 saturated heterocycles. The highest BCUT2D eigenvalue weighted by Gasteiger charge is 2.34. The second-order valence-electron chi connectivity index (χ2n) is 7.17. The fourth-order valence-electron chi connectivity index (χ4n) is 3.75. The van der Waals surface area contributed by atoms with Gasteiger partial charge in [-0.15, -0.1) is 11.3 Å². The van der Waals surface area contributed by atoms with Crippen LogP contribution < -0.4 is 5.56 Å². The lowest BCUT2D eigenvalue weighted by atomic mass is 10.2. The zero-order valence-corrected chi connectivity index (χ0v) is 17.0. The standard InChI is InChI=1S/C18H22N4O4S2/c23-17-4-3-15(16-2-1-10-27-16)19-22(17)12-18(24)21-8-6-20(7-9-21)14-5-11-28(25,26)13-14/h1-4,10,14H,5-9,11-13H2/t14-/m1/s1. The molecule has 10 heteroatoms. The summed E-state index contributed by atoms with van der Waals surface area (Å²) in [5.74, 6) is 0.332. The van der Waals surface area contributed by atoms with Gasteiger partial charge >= 0.3 is 0 Å². The van der Waals surface area contributed by atoms with E-state index in [-0.39, 0.29) is 35.6 Å². The molecule has 0 spiro atoms. The Bertz CT molecular complexity index is 1010. The Morgan fingerprint density at radius 1 is 1.18 bits per heavy atom. The SMILES string of the molecule is O=C(Cn1nc(-c2cccs2)ccc1=O)N1CCN([C@@H]2CCS(=O)(=O)C2)CC1. The topological polar surface area (TPSA) is 92.6 Å². The minimum Gasteiger partial charge on any atom is -0.339 e. The first-order valence-corrected chi connectivity index (χ1v) is 12.0. The molecule has 0 aromatic carbocycles. The Kier molecular flexibility index (Phi) is 5.35. The van der Waals surface area contributed by atoms with Crippen molar-refractivity contribution in [1.29, 1.82) is 0 Å². The molecular weight excluding hydrogens is 400 g/mol. The smallest absolute Gasteiger partial charge is 0.267 e. The summed E-state index contributed by atoms with van der Waals surface area (Å²) in [4.78, 5) is 29.6. The summed E-state index contributed by atoms with van der Waals surface area (Å²) in [6.45, 7) is 2.30. The van der Waals surface area contributed by atoms with E-state index in [1.54, 1.807) is 11.0 Å². The molecule has 0 unspecified atom stereocenters. The average molecular weight is 423 g/mol. The Hall–Kier alpha value is -2.04. The number of carbonyl (C=O) groups excluding carboxylic acids is 1. The lowest BCUT2D eigenvalue weighted by Gasteiger charge is -2.37. The zero-order valence-electron chi connectivity index (χ0n) is 15.4. The summed E-state index contributed by atoms with van der Waals surface area (Å²) in [5, 5.41) is 6.27. The molecule has 0 N–H and O–H groups in total. The van der Waals surface area contributed by atoms with E-state index in [9.17, 15) is 18.0 Å². The first-order valence-electron chi connectivity index (χ1n) is 9.25. The zero-order chi connectivity index (χ0) is 19.7. The maximum absolute atomic E-state index is 12.7. The molecule has 28 heavy (non-hydrogen) atoms. The molecule has 1 amide bonds. The third kappa shape index (κ3) is 4.18. The van der Waals surface area contributed by atoms with Crippen LogP contribution in [-0.2, 0) is 21.2 Å². The van der Waals surface area contributed by atoms with Gasteiger partial charge in [-0.05, 0) is 23.9 Å². The minimum absolute atomic E-state index is 0.0639. The van der Waals surface area contributed by atoms with Crippen LogP contribution in [0.2, 0.25) is 0 Å². The molecule has 2 aromatic rings. The van der Waals surface area contributed by atoms with Crippen LogP contribution in [0.3, 0.4) is 0 Å². The molecule has 2 aliphatic heterocycles. The van der Waals surface area contributed by atoms with Gasteiger partial charge in [0.15, 0.2) is 9.84 Å². The molecule has 0 aliphatic carbocycles. The van der Waals surface area contributed by atoms with E-state index in [2.05, 4.69) is 10.00 Å². The van der Waals surface area contributed by atoms with Gasteiger partial charge in [-0.2, -0.15) is 5.10 Å². The van der Waals surface area contributed by atoms with Gasteiger partial charge < -0.3 is 4.90 Å². The average Bonchev–Trinajstić information content (AvgIpc) is 3.33. The van der Waals surface area contributed by atoms with E-state index >= 15 is 0 Å². The van der Waals surface area contributed by atoms with Crippen LogP contribution in [0.15, 0.2) is 34.4 Å². The van der Waals surface area contributed by atoms with Gasteiger partial charge in [0.1, 0.15) is 12.2 Å². The monoisotopic (exact) mass is 422 g/mol. The lowest BCUT2D eigenvalue weighted by molar-refractivity contribution is -0.134. The quantitative estimate of drug-likeness (QED) is 0.704. The normalized spacial score (nSPS) is 22.4. The summed E-state index contributed by atoms with van der Waals surface area (Å²) in [5.41, 5.74) is 0.373. The van der Waals surface area contributed by atoms with Gasteiger partial charge in [-0.3, -0.25) is 14.5 Å². The maximum atomic E-state index is 12.7. The number of piperazine rings is 1. The van der Waals surface area contributed by atoms with E-state index in [0.717, 1.165) is 4.88 Å². The van der Waals surface area contributed by atoms with Crippen LogP contribution in [0.25, 0.3) is 10.6 Å². The summed E-state index contributed by atoms with van der Waals surface area (Å²) < 4.78 is 24.6. The van der Waals surface area contributed by atoms with E-state index in [1.165, 1.54) is 22.1 Å². The largest absolute Gasteiger partial charge is 0.339 e. The maximum Gasteiger partial charge on any atom is 0.267 e. The molecule has 1 atom stereocenters. The Balaban J connectivity index is 1.37. The predicted molar refractivity (Wildman–Crippen MR) is 107 cm³/mol. The molecule has 2 aliphatic rings.